The minimum Gasteiger partial charge on any atom is -0.298 e. The molecule has 0 amide bonds. The summed E-state index contributed by atoms with van der Waals surface area (Å²) in [5.74, 6) is 0. The number of carbonyl (C=O) groups excluding carboxylic acids is 1. The van der Waals surface area contributed by atoms with Crippen molar-refractivity contribution in [3.05, 3.63) is 41.0 Å². The van der Waals surface area contributed by atoms with Crippen LogP contribution in [0.4, 0.5) is 0 Å². The van der Waals surface area contributed by atoms with E-state index in [1.165, 1.54) is 5.56 Å². The zero-order chi connectivity index (χ0) is 12.2. The summed E-state index contributed by atoms with van der Waals surface area (Å²) in [6, 6.07) is 8.43. The minimum absolute atomic E-state index is 0.224. The zero-order valence-electron chi connectivity index (χ0n) is 10.6. The monoisotopic (exact) mass is 216 g/mol. The average Bonchev–Trinajstić information content (AvgIpc) is 2.29. The Hall–Kier alpha value is -1.37. The van der Waals surface area contributed by atoms with E-state index < -0.39 is 0 Å². The van der Waals surface area contributed by atoms with Gasteiger partial charge in [-0.25, -0.2) is 0 Å². The fraction of sp³-hybridized carbons (Fsp3) is 0.400. The van der Waals surface area contributed by atoms with Crippen molar-refractivity contribution in [2.75, 3.05) is 0 Å². The van der Waals surface area contributed by atoms with Gasteiger partial charge in [-0.1, -0.05) is 45.0 Å². The van der Waals surface area contributed by atoms with Gasteiger partial charge in [0.15, 0.2) is 0 Å². The summed E-state index contributed by atoms with van der Waals surface area (Å²) in [5, 5.41) is 0. The Balaban J connectivity index is 2.96. The standard InChI is InChI=1S/C15H20O/c1-5-15(3,4)14-8-6-13(7-9-14)10-12(2)11-16/h6-11H,5H2,1-4H3/b12-10-. The van der Waals surface area contributed by atoms with Crippen LogP contribution >= 0.6 is 0 Å². The first-order valence-electron chi connectivity index (χ1n) is 5.73. The number of hydrogen-bond acceptors (Lipinski definition) is 1. The fourth-order valence-electron chi connectivity index (χ4n) is 1.53. The van der Waals surface area contributed by atoms with Crippen LogP contribution in [0.15, 0.2) is 29.8 Å². The molecule has 86 valence electrons. The van der Waals surface area contributed by atoms with Gasteiger partial charge in [0.1, 0.15) is 6.29 Å². The fourth-order valence-corrected chi connectivity index (χ4v) is 1.53. The lowest BCUT2D eigenvalue weighted by Gasteiger charge is -2.23. The third-order valence-corrected chi connectivity index (χ3v) is 3.16. The lowest BCUT2D eigenvalue weighted by atomic mass is 9.82. The SMILES string of the molecule is CCC(C)(C)c1ccc(/C=C(/C)C=O)cc1. The van der Waals surface area contributed by atoms with E-state index in [9.17, 15) is 4.79 Å². The lowest BCUT2D eigenvalue weighted by Crippen LogP contribution is -2.14. The summed E-state index contributed by atoms with van der Waals surface area (Å²) >= 11 is 0. The minimum atomic E-state index is 0.224. The Morgan fingerprint density at radius 2 is 1.81 bits per heavy atom. The Bertz CT molecular complexity index is 382. The molecule has 1 nitrogen and oxygen atoms in total. The smallest absolute Gasteiger partial charge is 0.145 e. The number of allylic oxidation sites excluding steroid dienone is 1. The molecule has 1 heteroatoms. The van der Waals surface area contributed by atoms with Crippen LogP contribution in [0, 0.1) is 0 Å². The van der Waals surface area contributed by atoms with Crippen LogP contribution in [-0.4, -0.2) is 6.29 Å². The molecule has 16 heavy (non-hydrogen) atoms. The maximum Gasteiger partial charge on any atom is 0.145 e. The van der Waals surface area contributed by atoms with Crippen LogP contribution in [0.3, 0.4) is 0 Å². The topological polar surface area (TPSA) is 17.1 Å². The van der Waals surface area contributed by atoms with Crippen molar-refractivity contribution in [1.82, 2.24) is 0 Å². The van der Waals surface area contributed by atoms with Gasteiger partial charge in [-0.15, -0.1) is 0 Å². The second-order valence-corrected chi connectivity index (χ2v) is 4.87. The molecule has 0 atom stereocenters. The Morgan fingerprint density at radius 3 is 2.25 bits per heavy atom. The molecular weight excluding hydrogens is 196 g/mol. The molecule has 0 aliphatic heterocycles. The second kappa shape index (κ2) is 5.11. The number of benzene rings is 1. The molecule has 0 bridgehead atoms. The molecule has 0 saturated carbocycles. The van der Waals surface area contributed by atoms with Crippen LogP contribution in [0.2, 0.25) is 0 Å². The lowest BCUT2D eigenvalue weighted by molar-refractivity contribution is -0.104. The van der Waals surface area contributed by atoms with E-state index in [4.69, 9.17) is 0 Å². The molecular formula is C15H20O. The van der Waals surface area contributed by atoms with E-state index in [-0.39, 0.29) is 5.41 Å². The summed E-state index contributed by atoms with van der Waals surface area (Å²) in [4.78, 5) is 10.5. The van der Waals surface area contributed by atoms with E-state index >= 15 is 0 Å². The van der Waals surface area contributed by atoms with Gasteiger partial charge < -0.3 is 0 Å². The van der Waals surface area contributed by atoms with Gasteiger partial charge in [-0.2, -0.15) is 0 Å². The summed E-state index contributed by atoms with van der Waals surface area (Å²) in [5.41, 5.74) is 3.40. The van der Waals surface area contributed by atoms with E-state index in [1.807, 2.05) is 13.0 Å². The summed E-state index contributed by atoms with van der Waals surface area (Å²) in [6.45, 7) is 8.50. The quantitative estimate of drug-likeness (QED) is 0.549. The highest BCUT2D eigenvalue weighted by molar-refractivity contribution is 5.80. The van der Waals surface area contributed by atoms with Crippen molar-refractivity contribution < 1.29 is 4.79 Å². The van der Waals surface area contributed by atoms with Crippen molar-refractivity contribution >= 4 is 12.4 Å². The van der Waals surface area contributed by atoms with Crippen LogP contribution in [-0.2, 0) is 10.2 Å². The molecule has 0 aliphatic carbocycles. The summed E-state index contributed by atoms with van der Waals surface area (Å²) < 4.78 is 0. The number of carbonyl (C=O) groups is 1. The Kier molecular flexibility index (Phi) is 4.05. The maximum atomic E-state index is 10.5. The van der Waals surface area contributed by atoms with E-state index in [0.717, 1.165) is 23.8 Å². The molecule has 0 radical (unpaired) electrons. The molecule has 0 spiro atoms. The third-order valence-electron chi connectivity index (χ3n) is 3.16. The average molecular weight is 216 g/mol. The molecule has 0 aliphatic rings. The van der Waals surface area contributed by atoms with Gasteiger partial charge >= 0.3 is 0 Å². The van der Waals surface area contributed by atoms with Crippen LogP contribution in [0.5, 0.6) is 0 Å². The highest BCUT2D eigenvalue weighted by Crippen LogP contribution is 2.26. The molecule has 0 unspecified atom stereocenters. The molecule has 1 aromatic carbocycles. The van der Waals surface area contributed by atoms with Gasteiger partial charge in [0.05, 0.1) is 0 Å². The highest BCUT2D eigenvalue weighted by Gasteiger charge is 2.17. The van der Waals surface area contributed by atoms with Gasteiger partial charge in [-0.3, -0.25) is 4.79 Å². The molecule has 0 N–H and O–H groups in total. The number of aldehydes is 1. The second-order valence-electron chi connectivity index (χ2n) is 4.87. The van der Waals surface area contributed by atoms with Gasteiger partial charge in [0.2, 0.25) is 0 Å². The molecule has 0 saturated heterocycles. The normalized spacial score (nSPS) is 12.6. The summed E-state index contributed by atoms with van der Waals surface area (Å²) in [7, 11) is 0. The van der Waals surface area contributed by atoms with Gasteiger partial charge in [0, 0.05) is 0 Å². The van der Waals surface area contributed by atoms with Crippen molar-refractivity contribution in [2.45, 2.75) is 39.5 Å². The van der Waals surface area contributed by atoms with Gasteiger partial charge in [0.25, 0.3) is 0 Å². The first-order valence-corrected chi connectivity index (χ1v) is 5.73. The van der Waals surface area contributed by atoms with Crippen molar-refractivity contribution in [3.8, 4) is 0 Å². The van der Waals surface area contributed by atoms with E-state index in [2.05, 4.69) is 45.0 Å². The van der Waals surface area contributed by atoms with Crippen LogP contribution in [0.25, 0.3) is 6.08 Å². The van der Waals surface area contributed by atoms with Crippen molar-refractivity contribution in [2.24, 2.45) is 0 Å². The van der Waals surface area contributed by atoms with Crippen LogP contribution < -0.4 is 0 Å². The first-order chi connectivity index (χ1) is 7.49. The van der Waals surface area contributed by atoms with Crippen LogP contribution in [0.1, 0.15) is 45.2 Å². The number of hydrogen-bond donors (Lipinski definition) is 0. The van der Waals surface area contributed by atoms with E-state index in [1.54, 1.807) is 0 Å². The molecule has 1 aromatic rings. The van der Waals surface area contributed by atoms with Gasteiger partial charge in [-0.05, 0) is 41.5 Å². The predicted octanol–water partition coefficient (Wildman–Crippen LogP) is 3.98. The number of rotatable bonds is 4. The predicted molar refractivity (Wildman–Crippen MR) is 69.5 cm³/mol. The zero-order valence-corrected chi connectivity index (χ0v) is 10.6. The third kappa shape index (κ3) is 3.06. The molecule has 1 rings (SSSR count). The Labute approximate surface area is 98.2 Å². The Morgan fingerprint density at radius 1 is 1.25 bits per heavy atom. The van der Waals surface area contributed by atoms with Crippen molar-refractivity contribution in [1.29, 1.82) is 0 Å². The first kappa shape index (κ1) is 12.7. The molecule has 0 aromatic heterocycles. The van der Waals surface area contributed by atoms with E-state index in [0.29, 0.717) is 0 Å². The summed E-state index contributed by atoms with van der Waals surface area (Å²) in [6.07, 6.45) is 3.90. The molecule has 0 fully saturated rings. The maximum absolute atomic E-state index is 10.5. The van der Waals surface area contributed by atoms with Crippen molar-refractivity contribution in [3.63, 3.8) is 0 Å². The molecule has 0 heterocycles. The highest BCUT2D eigenvalue weighted by atomic mass is 16.1. The largest absolute Gasteiger partial charge is 0.298 e.